The second kappa shape index (κ2) is 7.19. The Hall–Kier alpha value is -2.69. The lowest BCUT2D eigenvalue weighted by Crippen LogP contribution is -2.43. The lowest BCUT2D eigenvalue weighted by atomic mass is 10.1. The van der Waals surface area contributed by atoms with E-state index in [4.69, 9.17) is 0 Å². The largest absolute Gasteiger partial charge is 0.480 e. The molecule has 108 valence electrons. The zero-order chi connectivity index (χ0) is 15.1. The molecule has 0 aliphatic heterocycles. The van der Waals surface area contributed by atoms with Crippen molar-refractivity contribution in [1.82, 2.24) is 10.3 Å². The molecule has 1 atom stereocenters. The van der Waals surface area contributed by atoms with Crippen molar-refractivity contribution in [1.29, 1.82) is 0 Å². The molecule has 2 rings (SSSR count). The van der Waals surface area contributed by atoms with Gasteiger partial charge in [0.05, 0.1) is 6.42 Å². The van der Waals surface area contributed by atoms with Crippen molar-refractivity contribution < 1.29 is 14.7 Å². The first-order valence-electron chi connectivity index (χ1n) is 6.60. The summed E-state index contributed by atoms with van der Waals surface area (Å²) in [6.07, 6.45) is 3.60. The molecule has 0 bridgehead atoms. The normalized spacial score (nSPS) is 11.6. The molecular weight excluding hydrogens is 268 g/mol. The summed E-state index contributed by atoms with van der Waals surface area (Å²) in [6.45, 7) is 0. The minimum Gasteiger partial charge on any atom is -0.480 e. The fourth-order valence-corrected chi connectivity index (χ4v) is 1.98. The predicted octanol–water partition coefficient (Wildman–Crippen LogP) is 1.44. The van der Waals surface area contributed by atoms with E-state index < -0.39 is 12.0 Å². The summed E-state index contributed by atoms with van der Waals surface area (Å²) in [5.74, 6) is -1.36. The molecule has 5 nitrogen and oxygen atoms in total. The number of hydrogen-bond donors (Lipinski definition) is 2. The first-order valence-corrected chi connectivity index (χ1v) is 6.60. The van der Waals surface area contributed by atoms with Crippen LogP contribution in [0.1, 0.15) is 11.1 Å². The van der Waals surface area contributed by atoms with E-state index >= 15 is 0 Å². The van der Waals surface area contributed by atoms with Crippen LogP contribution in [0.4, 0.5) is 0 Å². The van der Waals surface area contributed by atoms with Gasteiger partial charge in [-0.15, -0.1) is 0 Å². The van der Waals surface area contributed by atoms with Gasteiger partial charge in [-0.25, -0.2) is 4.79 Å². The third-order valence-corrected chi connectivity index (χ3v) is 3.03. The second-order valence-electron chi connectivity index (χ2n) is 4.68. The van der Waals surface area contributed by atoms with Crippen LogP contribution in [-0.4, -0.2) is 28.0 Å². The SMILES string of the molecule is O=C(Cc1ccncc1)NC(Cc1ccccc1)C(=O)O. The Morgan fingerprint density at radius 2 is 1.71 bits per heavy atom. The van der Waals surface area contributed by atoms with Crippen molar-refractivity contribution in [3.63, 3.8) is 0 Å². The number of carboxylic acid groups (broad SMARTS) is 1. The van der Waals surface area contributed by atoms with E-state index in [0.29, 0.717) is 0 Å². The summed E-state index contributed by atoms with van der Waals surface area (Å²) in [5, 5.41) is 11.8. The van der Waals surface area contributed by atoms with Gasteiger partial charge in [-0.1, -0.05) is 30.3 Å². The first kappa shape index (κ1) is 14.7. The Balaban J connectivity index is 1.96. The number of carbonyl (C=O) groups is 2. The number of hydrogen-bond acceptors (Lipinski definition) is 3. The lowest BCUT2D eigenvalue weighted by molar-refractivity contribution is -0.141. The highest BCUT2D eigenvalue weighted by Gasteiger charge is 2.20. The maximum atomic E-state index is 11.9. The lowest BCUT2D eigenvalue weighted by Gasteiger charge is -2.14. The molecule has 2 N–H and O–H groups in total. The molecule has 0 aliphatic carbocycles. The molecule has 1 aromatic carbocycles. The van der Waals surface area contributed by atoms with Crippen LogP contribution in [0.3, 0.4) is 0 Å². The van der Waals surface area contributed by atoms with Gasteiger partial charge in [-0.2, -0.15) is 0 Å². The number of rotatable bonds is 6. The summed E-state index contributed by atoms with van der Waals surface area (Å²) >= 11 is 0. The molecule has 0 saturated heterocycles. The Kier molecular flexibility index (Phi) is 5.04. The van der Waals surface area contributed by atoms with E-state index in [2.05, 4.69) is 10.3 Å². The van der Waals surface area contributed by atoms with Gasteiger partial charge in [0.25, 0.3) is 0 Å². The summed E-state index contributed by atoms with van der Waals surface area (Å²) in [4.78, 5) is 27.1. The third-order valence-electron chi connectivity index (χ3n) is 3.03. The molecule has 0 spiro atoms. The first-order chi connectivity index (χ1) is 10.1. The van der Waals surface area contributed by atoms with Crippen molar-refractivity contribution >= 4 is 11.9 Å². The Labute approximate surface area is 122 Å². The number of benzene rings is 1. The van der Waals surface area contributed by atoms with Gasteiger partial charge in [-0.05, 0) is 23.3 Å². The van der Waals surface area contributed by atoms with Crippen molar-refractivity contribution in [2.75, 3.05) is 0 Å². The minimum atomic E-state index is -1.04. The van der Waals surface area contributed by atoms with Gasteiger partial charge in [0, 0.05) is 18.8 Å². The molecule has 1 amide bonds. The van der Waals surface area contributed by atoms with Crippen LogP contribution in [0.25, 0.3) is 0 Å². The highest BCUT2D eigenvalue weighted by molar-refractivity contribution is 5.85. The molecule has 21 heavy (non-hydrogen) atoms. The monoisotopic (exact) mass is 284 g/mol. The number of carboxylic acids is 1. The van der Waals surface area contributed by atoms with E-state index in [1.165, 1.54) is 0 Å². The van der Waals surface area contributed by atoms with E-state index in [1.807, 2.05) is 30.3 Å². The summed E-state index contributed by atoms with van der Waals surface area (Å²) in [6, 6.07) is 11.7. The number of aromatic nitrogens is 1. The molecule has 0 fully saturated rings. The van der Waals surface area contributed by atoms with E-state index in [1.54, 1.807) is 24.5 Å². The fourth-order valence-electron chi connectivity index (χ4n) is 1.98. The van der Waals surface area contributed by atoms with Crippen molar-refractivity contribution in [2.45, 2.75) is 18.9 Å². The van der Waals surface area contributed by atoms with Crippen LogP contribution in [0.15, 0.2) is 54.9 Å². The fraction of sp³-hybridized carbons (Fsp3) is 0.188. The molecule has 1 heterocycles. The third kappa shape index (κ3) is 4.72. The van der Waals surface area contributed by atoms with Crippen LogP contribution in [0.5, 0.6) is 0 Å². The highest BCUT2D eigenvalue weighted by Crippen LogP contribution is 2.04. The van der Waals surface area contributed by atoms with E-state index in [-0.39, 0.29) is 18.7 Å². The van der Waals surface area contributed by atoms with Gasteiger partial charge < -0.3 is 10.4 Å². The molecule has 0 saturated carbocycles. The zero-order valence-electron chi connectivity index (χ0n) is 11.4. The van der Waals surface area contributed by atoms with Crippen LogP contribution in [0.2, 0.25) is 0 Å². The average molecular weight is 284 g/mol. The van der Waals surface area contributed by atoms with Gasteiger partial charge in [0.15, 0.2) is 0 Å². The number of nitrogens with zero attached hydrogens (tertiary/aromatic N) is 1. The molecule has 1 unspecified atom stereocenters. The van der Waals surface area contributed by atoms with Crippen LogP contribution in [0, 0.1) is 0 Å². The quantitative estimate of drug-likeness (QED) is 0.841. The van der Waals surface area contributed by atoms with E-state index in [9.17, 15) is 14.7 Å². The maximum absolute atomic E-state index is 11.9. The molecule has 0 aliphatic rings. The summed E-state index contributed by atoms with van der Waals surface area (Å²) < 4.78 is 0. The smallest absolute Gasteiger partial charge is 0.326 e. The van der Waals surface area contributed by atoms with Gasteiger partial charge in [0.2, 0.25) is 5.91 Å². The van der Waals surface area contributed by atoms with Crippen LogP contribution in [-0.2, 0) is 22.4 Å². The Morgan fingerprint density at radius 3 is 2.33 bits per heavy atom. The number of pyridine rings is 1. The van der Waals surface area contributed by atoms with Crippen LogP contribution < -0.4 is 5.32 Å². The topological polar surface area (TPSA) is 79.3 Å². The standard InChI is InChI=1S/C16H16N2O3/c19-15(11-13-6-8-17-9-7-13)18-14(16(20)21)10-12-4-2-1-3-5-12/h1-9,14H,10-11H2,(H,18,19)(H,20,21). The number of amides is 1. The minimum absolute atomic E-state index is 0.140. The summed E-state index contributed by atoms with van der Waals surface area (Å²) in [5.41, 5.74) is 1.67. The molecule has 5 heteroatoms. The average Bonchev–Trinajstić information content (AvgIpc) is 2.48. The van der Waals surface area contributed by atoms with Gasteiger partial charge >= 0.3 is 5.97 Å². The Bertz CT molecular complexity index is 599. The number of aliphatic carboxylic acids is 1. The van der Waals surface area contributed by atoms with Crippen molar-refractivity contribution in [3.8, 4) is 0 Å². The zero-order valence-corrected chi connectivity index (χ0v) is 11.4. The van der Waals surface area contributed by atoms with Gasteiger partial charge in [0.1, 0.15) is 6.04 Å². The van der Waals surface area contributed by atoms with Crippen molar-refractivity contribution in [3.05, 3.63) is 66.0 Å². The Morgan fingerprint density at radius 1 is 1.05 bits per heavy atom. The molecular formula is C16H16N2O3. The van der Waals surface area contributed by atoms with Crippen molar-refractivity contribution in [2.24, 2.45) is 0 Å². The van der Waals surface area contributed by atoms with Crippen LogP contribution >= 0.6 is 0 Å². The predicted molar refractivity (Wildman–Crippen MR) is 77.7 cm³/mol. The highest BCUT2D eigenvalue weighted by atomic mass is 16.4. The summed E-state index contributed by atoms with van der Waals surface area (Å²) in [7, 11) is 0. The number of nitrogens with one attached hydrogen (secondary N) is 1. The molecule has 0 radical (unpaired) electrons. The van der Waals surface area contributed by atoms with Gasteiger partial charge in [-0.3, -0.25) is 9.78 Å². The van der Waals surface area contributed by atoms with E-state index in [0.717, 1.165) is 11.1 Å². The molecule has 2 aromatic rings. The second-order valence-corrected chi connectivity index (χ2v) is 4.68. The number of carbonyl (C=O) groups excluding carboxylic acids is 1. The molecule has 1 aromatic heterocycles. The maximum Gasteiger partial charge on any atom is 0.326 e.